The minimum absolute atomic E-state index is 0.146. The number of anilines is 1. The summed E-state index contributed by atoms with van der Waals surface area (Å²) >= 11 is 0. The number of hydrogen-bond donors (Lipinski definition) is 2. The van der Waals surface area contributed by atoms with Crippen LogP contribution in [0.25, 0.3) is 0 Å². The van der Waals surface area contributed by atoms with Crippen molar-refractivity contribution < 1.29 is 0 Å². The van der Waals surface area contributed by atoms with Gasteiger partial charge < -0.3 is 11.5 Å². The van der Waals surface area contributed by atoms with Crippen molar-refractivity contribution in [3.63, 3.8) is 0 Å². The Kier molecular flexibility index (Phi) is 2.57. The van der Waals surface area contributed by atoms with E-state index in [1.165, 1.54) is 5.56 Å². The maximum absolute atomic E-state index is 5.80. The molecule has 16 heavy (non-hydrogen) atoms. The molecule has 0 spiro atoms. The van der Waals surface area contributed by atoms with E-state index in [1.807, 2.05) is 36.4 Å². The number of hydrogen-bond acceptors (Lipinski definition) is 2. The van der Waals surface area contributed by atoms with Gasteiger partial charge in [0.15, 0.2) is 0 Å². The van der Waals surface area contributed by atoms with Crippen LogP contribution in [-0.2, 0) is 5.41 Å². The fourth-order valence-electron chi connectivity index (χ4n) is 1.81. The first-order valence-corrected chi connectivity index (χ1v) is 5.30. The number of nitrogens with two attached hydrogens (primary N) is 2. The van der Waals surface area contributed by atoms with E-state index < -0.39 is 0 Å². The van der Waals surface area contributed by atoms with Crippen LogP contribution < -0.4 is 11.5 Å². The average molecular weight is 212 g/mol. The molecule has 1 aliphatic carbocycles. The Balaban J connectivity index is 2.44. The third-order valence-corrected chi connectivity index (χ3v) is 2.86. The first-order valence-electron chi connectivity index (χ1n) is 5.30. The molecule has 1 unspecified atom stereocenters. The van der Waals surface area contributed by atoms with Crippen LogP contribution in [0.4, 0.5) is 5.69 Å². The summed E-state index contributed by atoms with van der Waals surface area (Å²) in [5.41, 5.74) is 14.1. The number of nitrogen functional groups attached to an aromatic ring is 1. The molecule has 0 saturated carbocycles. The van der Waals surface area contributed by atoms with E-state index in [2.05, 4.69) is 25.1 Å². The molecule has 0 bridgehead atoms. The average Bonchev–Trinajstić information content (AvgIpc) is 2.42. The predicted molar refractivity (Wildman–Crippen MR) is 68.8 cm³/mol. The van der Waals surface area contributed by atoms with Crippen LogP contribution in [0.5, 0.6) is 0 Å². The van der Waals surface area contributed by atoms with E-state index in [0.29, 0.717) is 0 Å². The van der Waals surface area contributed by atoms with E-state index in [9.17, 15) is 0 Å². The minimum atomic E-state index is -0.146. The summed E-state index contributed by atoms with van der Waals surface area (Å²) in [4.78, 5) is 0. The summed E-state index contributed by atoms with van der Waals surface area (Å²) in [7, 11) is 0. The topological polar surface area (TPSA) is 52.0 Å². The van der Waals surface area contributed by atoms with Gasteiger partial charge in [-0.1, -0.05) is 30.4 Å². The van der Waals surface area contributed by atoms with Crippen molar-refractivity contribution in [1.82, 2.24) is 0 Å². The van der Waals surface area contributed by atoms with Gasteiger partial charge in [-0.3, -0.25) is 0 Å². The first-order chi connectivity index (χ1) is 7.60. The highest BCUT2D eigenvalue weighted by Crippen LogP contribution is 2.29. The zero-order chi connectivity index (χ0) is 11.6. The van der Waals surface area contributed by atoms with Crippen LogP contribution in [0.1, 0.15) is 12.5 Å². The molecule has 1 aromatic rings. The zero-order valence-corrected chi connectivity index (χ0v) is 9.35. The summed E-state index contributed by atoms with van der Waals surface area (Å²) < 4.78 is 0. The smallest absolute Gasteiger partial charge is 0.0317 e. The summed E-state index contributed by atoms with van der Waals surface area (Å²) in [5.74, 6) is 0. The van der Waals surface area contributed by atoms with Crippen molar-refractivity contribution in [2.24, 2.45) is 5.73 Å². The molecule has 0 amide bonds. The molecule has 4 N–H and O–H groups in total. The van der Waals surface area contributed by atoms with Gasteiger partial charge in [0, 0.05) is 16.8 Å². The van der Waals surface area contributed by atoms with Gasteiger partial charge in [-0.05, 0) is 36.8 Å². The molecule has 2 rings (SSSR count). The quantitative estimate of drug-likeness (QED) is 0.703. The molecule has 0 radical (unpaired) electrons. The standard InChI is InChI=1S/C14H16N2/c1-14(8-3-6-12(15)7-9-14)11-4-2-5-13(16)10-11/h2-10H,15-16H2,1H3. The normalized spacial score (nSPS) is 23.9. The van der Waals surface area contributed by atoms with E-state index in [4.69, 9.17) is 11.5 Å². The molecule has 1 aliphatic rings. The van der Waals surface area contributed by atoms with Crippen molar-refractivity contribution in [2.75, 3.05) is 5.73 Å². The third kappa shape index (κ3) is 2.01. The molecular weight excluding hydrogens is 196 g/mol. The van der Waals surface area contributed by atoms with Crippen molar-refractivity contribution in [1.29, 1.82) is 0 Å². The molecule has 0 fully saturated rings. The Hall–Kier alpha value is -1.96. The van der Waals surface area contributed by atoms with Crippen molar-refractivity contribution >= 4 is 5.69 Å². The molecule has 0 aliphatic heterocycles. The van der Waals surface area contributed by atoms with Gasteiger partial charge >= 0.3 is 0 Å². The number of rotatable bonds is 1. The van der Waals surface area contributed by atoms with Gasteiger partial charge in [0.25, 0.3) is 0 Å². The summed E-state index contributed by atoms with van der Waals surface area (Å²) in [6, 6.07) is 7.94. The molecule has 1 aromatic carbocycles. The Morgan fingerprint density at radius 2 is 1.94 bits per heavy atom. The summed E-state index contributed by atoms with van der Waals surface area (Å²) in [6.45, 7) is 2.14. The second-order valence-electron chi connectivity index (χ2n) is 4.27. The monoisotopic (exact) mass is 212 g/mol. The fraction of sp³-hybridized carbons (Fsp3) is 0.143. The van der Waals surface area contributed by atoms with E-state index in [-0.39, 0.29) is 5.41 Å². The minimum Gasteiger partial charge on any atom is -0.399 e. The van der Waals surface area contributed by atoms with Crippen LogP contribution in [0, 0.1) is 0 Å². The highest BCUT2D eigenvalue weighted by atomic mass is 14.6. The van der Waals surface area contributed by atoms with Gasteiger partial charge in [0.2, 0.25) is 0 Å². The van der Waals surface area contributed by atoms with Crippen molar-refractivity contribution in [3.05, 3.63) is 65.9 Å². The fourth-order valence-corrected chi connectivity index (χ4v) is 1.81. The Bertz CT molecular complexity index is 483. The maximum atomic E-state index is 5.80. The highest BCUT2D eigenvalue weighted by Gasteiger charge is 2.20. The largest absolute Gasteiger partial charge is 0.399 e. The maximum Gasteiger partial charge on any atom is 0.0317 e. The lowest BCUT2D eigenvalue weighted by Crippen LogP contribution is -2.15. The Labute approximate surface area is 96.0 Å². The van der Waals surface area contributed by atoms with E-state index in [1.54, 1.807) is 0 Å². The molecule has 1 atom stereocenters. The van der Waals surface area contributed by atoms with Crippen molar-refractivity contribution in [2.45, 2.75) is 12.3 Å². The SMILES string of the molecule is CC1(c2cccc(N)c2)C=CC=C(N)C=C1. The summed E-state index contributed by atoms with van der Waals surface area (Å²) in [6.07, 6.45) is 10.0. The lowest BCUT2D eigenvalue weighted by atomic mass is 9.82. The second-order valence-corrected chi connectivity index (χ2v) is 4.27. The molecule has 0 saturated heterocycles. The van der Waals surface area contributed by atoms with Gasteiger partial charge in [-0.2, -0.15) is 0 Å². The zero-order valence-electron chi connectivity index (χ0n) is 9.35. The van der Waals surface area contributed by atoms with E-state index in [0.717, 1.165) is 11.4 Å². The molecular formula is C14H16N2. The van der Waals surface area contributed by atoms with Gasteiger partial charge in [0.1, 0.15) is 0 Å². The van der Waals surface area contributed by atoms with E-state index >= 15 is 0 Å². The molecule has 0 aromatic heterocycles. The van der Waals surface area contributed by atoms with Gasteiger partial charge in [0.05, 0.1) is 0 Å². The Morgan fingerprint density at radius 1 is 1.12 bits per heavy atom. The predicted octanol–water partition coefficient (Wildman–Crippen LogP) is 2.50. The summed E-state index contributed by atoms with van der Waals surface area (Å²) in [5, 5.41) is 0. The van der Waals surface area contributed by atoms with Crippen LogP contribution in [-0.4, -0.2) is 0 Å². The first kappa shape index (κ1) is 10.6. The second kappa shape index (κ2) is 3.89. The number of benzene rings is 1. The third-order valence-electron chi connectivity index (χ3n) is 2.86. The molecule has 2 heteroatoms. The van der Waals surface area contributed by atoms with Crippen LogP contribution >= 0.6 is 0 Å². The lowest BCUT2D eigenvalue weighted by Gasteiger charge is -2.22. The van der Waals surface area contributed by atoms with Gasteiger partial charge in [-0.15, -0.1) is 0 Å². The number of allylic oxidation sites excluding steroid dienone is 5. The van der Waals surface area contributed by atoms with Crippen molar-refractivity contribution in [3.8, 4) is 0 Å². The van der Waals surface area contributed by atoms with Crippen LogP contribution in [0.15, 0.2) is 60.3 Å². The Morgan fingerprint density at radius 3 is 2.69 bits per heavy atom. The van der Waals surface area contributed by atoms with Crippen LogP contribution in [0.3, 0.4) is 0 Å². The highest BCUT2D eigenvalue weighted by molar-refractivity contribution is 5.48. The van der Waals surface area contributed by atoms with Gasteiger partial charge in [-0.25, -0.2) is 0 Å². The molecule has 2 nitrogen and oxygen atoms in total. The lowest BCUT2D eigenvalue weighted by molar-refractivity contribution is 0.759. The molecule has 0 heterocycles. The van der Waals surface area contributed by atoms with Crippen LogP contribution in [0.2, 0.25) is 0 Å². The molecule has 82 valence electrons.